The zero-order valence-corrected chi connectivity index (χ0v) is 11.2. The first-order valence-electron chi connectivity index (χ1n) is 6.66. The van der Waals surface area contributed by atoms with Gasteiger partial charge in [0.25, 0.3) is 0 Å². The topological polar surface area (TPSA) is 69.6 Å². The molecule has 5 nitrogen and oxygen atoms in total. The van der Waals surface area contributed by atoms with E-state index in [2.05, 4.69) is 12.2 Å². The van der Waals surface area contributed by atoms with Crippen molar-refractivity contribution >= 4 is 12.0 Å². The summed E-state index contributed by atoms with van der Waals surface area (Å²) in [6.45, 7) is 4.98. The number of likely N-dealkylation sites (tertiary alicyclic amines) is 1. The minimum atomic E-state index is -1.04. The molecule has 1 saturated carbocycles. The lowest BCUT2D eigenvalue weighted by Crippen LogP contribution is -2.55. The maximum Gasteiger partial charge on any atom is 0.329 e. The Hall–Kier alpha value is -1.26. The van der Waals surface area contributed by atoms with E-state index in [1.54, 1.807) is 6.92 Å². The number of carbonyl (C=O) groups is 2. The second kappa shape index (κ2) is 4.44. The standard InChI is InChI=1S/C13H22N2O3/c1-12(5-3-6-12)9-14-11(18)15-8-4-7-13(15,2)10(16)17/h3-9H2,1-2H3,(H,14,18)(H,16,17). The summed E-state index contributed by atoms with van der Waals surface area (Å²) < 4.78 is 0. The fourth-order valence-corrected chi connectivity index (χ4v) is 2.85. The highest BCUT2D eigenvalue weighted by Crippen LogP contribution is 2.39. The number of hydrogen-bond donors (Lipinski definition) is 2. The SMILES string of the molecule is CC1(CNC(=O)N2CCCC2(C)C(=O)O)CCC1. The van der Waals surface area contributed by atoms with E-state index in [0.29, 0.717) is 19.5 Å². The molecule has 1 heterocycles. The van der Waals surface area contributed by atoms with Crippen LogP contribution in [0.2, 0.25) is 0 Å². The van der Waals surface area contributed by atoms with Crippen LogP contribution in [-0.4, -0.2) is 40.6 Å². The smallest absolute Gasteiger partial charge is 0.329 e. The Morgan fingerprint density at radius 2 is 1.89 bits per heavy atom. The highest BCUT2D eigenvalue weighted by molar-refractivity contribution is 5.86. The van der Waals surface area contributed by atoms with Crippen LogP contribution in [0.15, 0.2) is 0 Å². The van der Waals surface area contributed by atoms with Gasteiger partial charge in [-0.25, -0.2) is 9.59 Å². The van der Waals surface area contributed by atoms with Crippen LogP contribution < -0.4 is 5.32 Å². The Morgan fingerprint density at radius 1 is 1.22 bits per heavy atom. The van der Waals surface area contributed by atoms with Crippen LogP contribution >= 0.6 is 0 Å². The van der Waals surface area contributed by atoms with E-state index in [9.17, 15) is 14.7 Å². The molecule has 102 valence electrons. The van der Waals surface area contributed by atoms with Crippen molar-refractivity contribution in [3.05, 3.63) is 0 Å². The molecule has 1 atom stereocenters. The fourth-order valence-electron chi connectivity index (χ4n) is 2.85. The van der Waals surface area contributed by atoms with Crippen LogP contribution in [0, 0.1) is 5.41 Å². The van der Waals surface area contributed by atoms with Gasteiger partial charge in [-0.05, 0) is 38.0 Å². The Morgan fingerprint density at radius 3 is 2.39 bits per heavy atom. The first-order chi connectivity index (χ1) is 8.37. The van der Waals surface area contributed by atoms with E-state index in [1.807, 2.05) is 0 Å². The summed E-state index contributed by atoms with van der Waals surface area (Å²) in [5.41, 5.74) is -0.820. The van der Waals surface area contributed by atoms with Gasteiger partial charge in [0.15, 0.2) is 0 Å². The Balaban J connectivity index is 1.94. The average molecular weight is 254 g/mol. The Bertz CT molecular complexity index is 365. The second-order valence-electron chi connectivity index (χ2n) is 6.16. The molecular weight excluding hydrogens is 232 g/mol. The summed E-state index contributed by atoms with van der Waals surface area (Å²) in [7, 11) is 0. The van der Waals surface area contributed by atoms with Gasteiger partial charge in [-0.1, -0.05) is 13.3 Å². The molecule has 0 bridgehead atoms. The minimum absolute atomic E-state index is 0.217. The molecule has 0 spiro atoms. The lowest BCUT2D eigenvalue weighted by Gasteiger charge is -2.39. The van der Waals surface area contributed by atoms with Crippen molar-refractivity contribution in [2.75, 3.05) is 13.1 Å². The molecule has 2 rings (SSSR count). The quantitative estimate of drug-likeness (QED) is 0.807. The molecule has 2 aliphatic rings. The van der Waals surface area contributed by atoms with Gasteiger partial charge in [0.1, 0.15) is 5.54 Å². The molecule has 0 radical (unpaired) electrons. The number of hydrogen-bond acceptors (Lipinski definition) is 2. The van der Waals surface area contributed by atoms with Crippen molar-refractivity contribution in [1.29, 1.82) is 0 Å². The van der Waals surface area contributed by atoms with Crippen molar-refractivity contribution in [2.45, 2.75) is 51.5 Å². The predicted molar refractivity (Wildman–Crippen MR) is 67.3 cm³/mol. The van der Waals surface area contributed by atoms with E-state index in [1.165, 1.54) is 11.3 Å². The van der Waals surface area contributed by atoms with Crippen LogP contribution in [0.25, 0.3) is 0 Å². The van der Waals surface area contributed by atoms with Crippen LogP contribution in [0.1, 0.15) is 46.0 Å². The number of carbonyl (C=O) groups excluding carboxylic acids is 1. The van der Waals surface area contributed by atoms with Crippen molar-refractivity contribution < 1.29 is 14.7 Å². The van der Waals surface area contributed by atoms with E-state index in [0.717, 1.165) is 19.3 Å². The minimum Gasteiger partial charge on any atom is -0.480 e. The highest BCUT2D eigenvalue weighted by atomic mass is 16.4. The lowest BCUT2D eigenvalue weighted by molar-refractivity contribution is -0.147. The number of aliphatic carboxylic acids is 1. The van der Waals surface area contributed by atoms with Gasteiger partial charge < -0.3 is 15.3 Å². The van der Waals surface area contributed by atoms with Gasteiger partial charge in [-0.15, -0.1) is 0 Å². The normalized spacial score (nSPS) is 29.8. The molecular formula is C13H22N2O3. The molecule has 0 aromatic heterocycles. The van der Waals surface area contributed by atoms with Gasteiger partial charge in [0.2, 0.25) is 0 Å². The summed E-state index contributed by atoms with van der Waals surface area (Å²) in [5.74, 6) is -0.912. The third-order valence-electron chi connectivity index (χ3n) is 4.57. The summed E-state index contributed by atoms with van der Waals surface area (Å²) in [5, 5.41) is 12.2. The van der Waals surface area contributed by atoms with Crippen molar-refractivity contribution in [1.82, 2.24) is 10.2 Å². The summed E-state index contributed by atoms with van der Waals surface area (Å²) in [6, 6.07) is -0.231. The second-order valence-corrected chi connectivity index (χ2v) is 6.16. The highest BCUT2D eigenvalue weighted by Gasteiger charge is 2.46. The van der Waals surface area contributed by atoms with E-state index >= 15 is 0 Å². The number of nitrogens with one attached hydrogen (secondary N) is 1. The van der Waals surface area contributed by atoms with Crippen LogP contribution in [0.3, 0.4) is 0 Å². The summed E-state index contributed by atoms with van der Waals surface area (Å²) >= 11 is 0. The number of urea groups is 1. The fraction of sp³-hybridized carbons (Fsp3) is 0.846. The van der Waals surface area contributed by atoms with E-state index in [4.69, 9.17) is 0 Å². The zero-order valence-electron chi connectivity index (χ0n) is 11.2. The number of carboxylic acid groups (broad SMARTS) is 1. The number of amides is 2. The molecule has 1 aliphatic heterocycles. The van der Waals surface area contributed by atoms with Gasteiger partial charge >= 0.3 is 12.0 Å². The van der Waals surface area contributed by atoms with E-state index in [-0.39, 0.29) is 11.4 Å². The lowest BCUT2D eigenvalue weighted by atomic mass is 9.70. The third kappa shape index (κ3) is 2.18. The molecule has 2 N–H and O–H groups in total. The zero-order chi connectivity index (χ0) is 13.4. The van der Waals surface area contributed by atoms with Crippen LogP contribution in [0.4, 0.5) is 4.79 Å². The van der Waals surface area contributed by atoms with Gasteiger partial charge in [-0.2, -0.15) is 0 Å². The molecule has 1 saturated heterocycles. The number of carboxylic acids is 1. The molecule has 18 heavy (non-hydrogen) atoms. The first-order valence-corrected chi connectivity index (χ1v) is 6.66. The Labute approximate surface area is 108 Å². The molecule has 2 fully saturated rings. The maximum absolute atomic E-state index is 12.1. The van der Waals surface area contributed by atoms with Gasteiger partial charge in [0, 0.05) is 13.1 Å². The first kappa shape index (κ1) is 13.2. The largest absolute Gasteiger partial charge is 0.480 e. The molecule has 1 unspecified atom stereocenters. The third-order valence-corrected chi connectivity index (χ3v) is 4.57. The van der Waals surface area contributed by atoms with Gasteiger partial charge in [-0.3, -0.25) is 0 Å². The van der Waals surface area contributed by atoms with Crippen LogP contribution in [0.5, 0.6) is 0 Å². The monoisotopic (exact) mass is 254 g/mol. The maximum atomic E-state index is 12.1. The molecule has 0 aromatic carbocycles. The summed E-state index contributed by atoms with van der Waals surface area (Å²) in [6.07, 6.45) is 4.80. The van der Waals surface area contributed by atoms with Crippen LogP contribution in [-0.2, 0) is 4.79 Å². The molecule has 2 amide bonds. The average Bonchev–Trinajstić information content (AvgIpc) is 2.67. The number of nitrogens with zero attached hydrogens (tertiary/aromatic N) is 1. The van der Waals surface area contributed by atoms with Crippen molar-refractivity contribution in [2.24, 2.45) is 5.41 Å². The van der Waals surface area contributed by atoms with Gasteiger partial charge in [0.05, 0.1) is 0 Å². The molecule has 5 heteroatoms. The Kier molecular flexibility index (Phi) is 3.25. The van der Waals surface area contributed by atoms with Crippen molar-refractivity contribution in [3.8, 4) is 0 Å². The number of rotatable bonds is 3. The predicted octanol–water partition coefficient (Wildman–Crippen LogP) is 1.83. The molecule has 1 aliphatic carbocycles. The molecule has 0 aromatic rings. The van der Waals surface area contributed by atoms with E-state index < -0.39 is 11.5 Å². The van der Waals surface area contributed by atoms with Crippen molar-refractivity contribution in [3.63, 3.8) is 0 Å². The summed E-state index contributed by atoms with van der Waals surface area (Å²) in [4.78, 5) is 24.9.